The van der Waals surface area contributed by atoms with Crippen LogP contribution in [0.25, 0.3) is 0 Å². The normalized spacial score (nSPS) is 18.7. The third-order valence-electron chi connectivity index (χ3n) is 12.4. The van der Waals surface area contributed by atoms with Gasteiger partial charge in [-0.05, 0) is 55.5 Å². The van der Waals surface area contributed by atoms with E-state index in [0.29, 0.717) is 32.2 Å². The molecule has 0 radical (unpaired) electrons. The molecule has 10 unspecified atom stereocenters. The van der Waals surface area contributed by atoms with Gasteiger partial charge in [0, 0.05) is 41.3 Å². The Hall–Kier alpha value is -4.08. The minimum atomic E-state index is -1.15. The quantitative estimate of drug-likeness (QED) is 0.112. The van der Waals surface area contributed by atoms with E-state index in [1.165, 1.54) is 19.1 Å². The summed E-state index contributed by atoms with van der Waals surface area (Å²) in [6.07, 6.45) is 1.17. The average Bonchev–Trinajstić information content (AvgIpc) is 3.70. The molecule has 1 aromatic rings. The number of carboxylic acid groups (broad SMARTS) is 1. The molecule has 0 bridgehead atoms. The number of carbonyl (C=O) groups excluding carboxylic acids is 5. The van der Waals surface area contributed by atoms with Gasteiger partial charge in [0.2, 0.25) is 29.5 Å². The number of carboxylic acids is 1. The van der Waals surface area contributed by atoms with E-state index in [-0.39, 0.29) is 54.2 Å². The molecule has 0 aliphatic carbocycles. The highest BCUT2D eigenvalue weighted by molar-refractivity contribution is 5.93. The molecule has 5 amide bonds. The summed E-state index contributed by atoms with van der Waals surface area (Å²) >= 11 is 0. The predicted molar refractivity (Wildman–Crippen MR) is 236 cm³/mol. The summed E-state index contributed by atoms with van der Waals surface area (Å²) < 4.78 is 11.9. The number of rotatable bonds is 25. The van der Waals surface area contributed by atoms with Gasteiger partial charge in [0.15, 0.2) is 0 Å². The molecule has 61 heavy (non-hydrogen) atoms. The number of benzene rings is 1. The zero-order valence-electron chi connectivity index (χ0n) is 39.4. The minimum Gasteiger partial charge on any atom is -0.480 e. The summed E-state index contributed by atoms with van der Waals surface area (Å²) in [6.45, 7) is 17.7. The predicted octanol–water partition coefficient (Wildman–Crippen LogP) is 3.98. The zero-order valence-corrected chi connectivity index (χ0v) is 39.4. The Morgan fingerprint density at radius 2 is 1.46 bits per heavy atom. The van der Waals surface area contributed by atoms with Crippen LogP contribution in [0.15, 0.2) is 30.3 Å². The Morgan fingerprint density at radius 1 is 0.836 bits per heavy atom. The lowest BCUT2D eigenvalue weighted by molar-refractivity contribution is -0.149. The lowest BCUT2D eigenvalue weighted by Crippen LogP contribution is -2.61. The van der Waals surface area contributed by atoms with Crippen molar-refractivity contribution in [3.05, 3.63) is 35.9 Å². The molecule has 346 valence electrons. The molecule has 0 spiro atoms. The molecule has 1 aliphatic rings. The van der Waals surface area contributed by atoms with Crippen LogP contribution in [-0.2, 0) is 44.7 Å². The number of nitrogens with one attached hydrogen (secondary N) is 3. The van der Waals surface area contributed by atoms with E-state index in [2.05, 4.69) is 16.0 Å². The van der Waals surface area contributed by atoms with E-state index in [9.17, 15) is 33.9 Å². The highest BCUT2D eigenvalue weighted by Gasteiger charge is 2.44. The van der Waals surface area contributed by atoms with E-state index >= 15 is 0 Å². The third kappa shape index (κ3) is 14.5. The van der Waals surface area contributed by atoms with Gasteiger partial charge in [-0.1, -0.05) is 99.1 Å². The van der Waals surface area contributed by atoms with Crippen LogP contribution in [0.5, 0.6) is 0 Å². The topological polar surface area (TPSA) is 187 Å². The number of likely N-dealkylation sites (N-methyl/N-ethyl adjacent to an activating group) is 3. The van der Waals surface area contributed by atoms with Crippen molar-refractivity contribution in [2.24, 2.45) is 29.6 Å². The van der Waals surface area contributed by atoms with Crippen molar-refractivity contribution in [2.75, 3.05) is 41.9 Å². The summed E-state index contributed by atoms with van der Waals surface area (Å²) in [5.41, 5.74) is 0.773. The highest BCUT2D eigenvalue weighted by Crippen LogP contribution is 2.30. The fraction of sp³-hybridized carbons (Fsp3) is 0.739. The standard InChI is InChI=1S/C46H78N6O9/c1-15-30(8)40(51(12)45(57)38(28(4)5)49-43(55)39(29(6)7)50(11)44(56)33(47-10)24-27(2)3)36(60-13)26-37(53)52-23-19-22-35(52)41(61-14)31(9)42(54)48-34(46(58)59)25-32-20-17-16-18-21-32/h16-18,20-21,27-31,33-36,38-41,47H,15,19,22-26H2,1-14H3,(H,48,54)(H,49,55)(H,58,59). The van der Waals surface area contributed by atoms with Crippen molar-refractivity contribution in [1.82, 2.24) is 30.7 Å². The van der Waals surface area contributed by atoms with Gasteiger partial charge < -0.3 is 45.2 Å². The van der Waals surface area contributed by atoms with Gasteiger partial charge in [0.25, 0.3) is 0 Å². The first kappa shape index (κ1) is 53.1. The first-order valence-corrected chi connectivity index (χ1v) is 22.1. The van der Waals surface area contributed by atoms with Gasteiger partial charge in [-0.15, -0.1) is 0 Å². The van der Waals surface area contributed by atoms with Crippen molar-refractivity contribution in [3.8, 4) is 0 Å². The second-order valence-corrected chi connectivity index (χ2v) is 18.0. The van der Waals surface area contributed by atoms with Crippen molar-refractivity contribution >= 4 is 35.5 Å². The molecule has 1 aromatic carbocycles. The molecule has 1 saturated heterocycles. The number of carbonyl (C=O) groups is 6. The van der Waals surface area contributed by atoms with Crippen LogP contribution in [-0.4, -0.2) is 146 Å². The van der Waals surface area contributed by atoms with E-state index in [1.807, 2.05) is 73.6 Å². The monoisotopic (exact) mass is 859 g/mol. The van der Waals surface area contributed by atoms with Gasteiger partial charge in [-0.25, -0.2) is 4.79 Å². The van der Waals surface area contributed by atoms with E-state index in [4.69, 9.17) is 9.47 Å². The smallest absolute Gasteiger partial charge is 0.326 e. The lowest BCUT2D eigenvalue weighted by atomic mass is 9.89. The van der Waals surface area contributed by atoms with Gasteiger partial charge in [-0.2, -0.15) is 0 Å². The van der Waals surface area contributed by atoms with E-state index < -0.39 is 72.2 Å². The third-order valence-corrected chi connectivity index (χ3v) is 12.4. The maximum Gasteiger partial charge on any atom is 0.326 e. The Balaban J connectivity index is 2.31. The molecule has 15 heteroatoms. The molecule has 2 rings (SSSR count). The molecule has 1 aliphatic heterocycles. The van der Waals surface area contributed by atoms with Gasteiger partial charge in [0.05, 0.1) is 42.7 Å². The van der Waals surface area contributed by atoms with Crippen molar-refractivity contribution in [3.63, 3.8) is 0 Å². The minimum absolute atomic E-state index is 0.0567. The summed E-state index contributed by atoms with van der Waals surface area (Å²) in [5, 5.41) is 18.7. The number of aliphatic carboxylic acids is 1. The Bertz CT molecular complexity index is 1580. The fourth-order valence-corrected chi connectivity index (χ4v) is 8.75. The van der Waals surface area contributed by atoms with Crippen LogP contribution in [0.4, 0.5) is 0 Å². The van der Waals surface area contributed by atoms with Crippen molar-refractivity contribution in [1.29, 1.82) is 0 Å². The summed E-state index contributed by atoms with van der Waals surface area (Å²) in [6, 6.07) is 4.71. The van der Waals surface area contributed by atoms with Crippen LogP contribution >= 0.6 is 0 Å². The van der Waals surface area contributed by atoms with Crippen LogP contribution in [0.1, 0.15) is 100.0 Å². The number of nitrogens with zero attached hydrogens (tertiary/aromatic N) is 3. The number of hydrogen-bond acceptors (Lipinski definition) is 9. The number of ether oxygens (including phenoxy) is 2. The Labute approximate surface area is 365 Å². The van der Waals surface area contributed by atoms with Gasteiger partial charge >= 0.3 is 5.97 Å². The maximum absolute atomic E-state index is 14.5. The summed E-state index contributed by atoms with van der Waals surface area (Å²) in [5.74, 6) is -3.98. The first-order chi connectivity index (χ1) is 28.7. The fourth-order valence-electron chi connectivity index (χ4n) is 8.75. The van der Waals surface area contributed by atoms with Gasteiger partial charge in [-0.3, -0.25) is 24.0 Å². The maximum atomic E-state index is 14.5. The summed E-state index contributed by atoms with van der Waals surface area (Å²) in [7, 11) is 8.05. The first-order valence-electron chi connectivity index (χ1n) is 22.1. The van der Waals surface area contributed by atoms with Crippen LogP contribution in [0.3, 0.4) is 0 Å². The molecule has 4 N–H and O–H groups in total. The van der Waals surface area contributed by atoms with Crippen LogP contribution < -0.4 is 16.0 Å². The molecule has 1 fully saturated rings. The SMILES string of the molecule is CCC(C)C(C(CC(=O)N1CCCC1C(OC)C(C)C(=O)NC(Cc1ccccc1)C(=O)O)OC)N(C)C(=O)C(NC(=O)C(C(C)C)N(C)C(=O)C(CC(C)C)NC)C(C)C. The average molecular weight is 859 g/mol. The number of hydrogen-bond donors (Lipinski definition) is 4. The molecular formula is C46H78N6O9. The Kier molecular flexibility index (Phi) is 21.9. The Morgan fingerprint density at radius 3 is 1.95 bits per heavy atom. The lowest BCUT2D eigenvalue weighted by Gasteiger charge is -2.41. The molecule has 15 nitrogen and oxygen atoms in total. The highest BCUT2D eigenvalue weighted by atomic mass is 16.5. The van der Waals surface area contributed by atoms with Crippen molar-refractivity contribution in [2.45, 2.75) is 149 Å². The largest absolute Gasteiger partial charge is 0.480 e. The zero-order chi connectivity index (χ0) is 46.3. The molecule has 0 aromatic heterocycles. The number of amides is 5. The van der Waals surface area contributed by atoms with Crippen molar-refractivity contribution < 1.29 is 43.3 Å². The molecular weight excluding hydrogens is 781 g/mol. The molecule has 10 atom stereocenters. The molecule has 0 saturated carbocycles. The second kappa shape index (κ2) is 25.1. The number of likely N-dealkylation sites (tertiary alicyclic amines) is 1. The summed E-state index contributed by atoms with van der Waals surface area (Å²) in [4.78, 5) is 87.0. The van der Waals surface area contributed by atoms with Crippen LogP contribution in [0, 0.1) is 29.6 Å². The van der Waals surface area contributed by atoms with Crippen LogP contribution in [0.2, 0.25) is 0 Å². The van der Waals surface area contributed by atoms with E-state index in [0.717, 1.165) is 5.56 Å². The van der Waals surface area contributed by atoms with Gasteiger partial charge in [0.1, 0.15) is 18.1 Å². The number of methoxy groups -OCH3 is 2. The molecule has 1 heterocycles. The van der Waals surface area contributed by atoms with E-state index in [1.54, 1.807) is 50.0 Å². The second-order valence-electron chi connectivity index (χ2n) is 18.0.